The van der Waals surface area contributed by atoms with Gasteiger partial charge in [0.2, 0.25) is 5.91 Å². The summed E-state index contributed by atoms with van der Waals surface area (Å²) < 4.78 is 5.03. The number of aromatic amines is 1. The summed E-state index contributed by atoms with van der Waals surface area (Å²) in [4.78, 5) is 11.4. The van der Waals surface area contributed by atoms with Crippen molar-refractivity contribution in [2.24, 2.45) is 0 Å². The van der Waals surface area contributed by atoms with Crippen LogP contribution in [0.1, 0.15) is 12.5 Å². The van der Waals surface area contributed by atoms with Crippen molar-refractivity contribution in [1.29, 1.82) is 0 Å². The number of amides is 1. The van der Waals surface area contributed by atoms with Gasteiger partial charge >= 0.3 is 0 Å². The fourth-order valence-electron chi connectivity index (χ4n) is 1.67. The van der Waals surface area contributed by atoms with Crippen LogP contribution in [0.2, 0.25) is 0 Å². The maximum absolute atomic E-state index is 11.4. The van der Waals surface area contributed by atoms with Crippen molar-refractivity contribution >= 4 is 5.91 Å². The highest BCUT2D eigenvalue weighted by atomic mass is 16.5. The first-order valence-corrected chi connectivity index (χ1v) is 6.22. The lowest BCUT2D eigenvalue weighted by atomic mass is 10.1. The molecule has 0 aliphatic rings. The van der Waals surface area contributed by atoms with Crippen LogP contribution >= 0.6 is 0 Å². The maximum Gasteiger partial charge on any atom is 0.246 e. The number of H-pyrrole nitrogens is 1. The molecule has 1 aromatic heterocycles. The number of nitrogens with zero attached hydrogens (tertiary/aromatic N) is 1. The minimum Gasteiger partial charge on any atom is -0.372 e. The summed E-state index contributed by atoms with van der Waals surface area (Å²) in [5, 5.41) is 9.63. The zero-order valence-electron chi connectivity index (χ0n) is 10.8. The lowest BCUT2D eigenvalue weighted by Crippen LogP contribution is -2.27. The van der Waals surface area contributed by atoms with Crippen LogP contribution in [-0.2, 0) is 16.1 Å². The van der Waals surface area contributed by atoms with Crippen LogP contribution in [0, 0.1) is 0 Å². The molecule has 0 spiro atoms. The van der Waals surface area contributed by atoms with Gasteiger partial charge in [0.05, 0.1) is 5.69 Å². The van der Waals surface area contributed by atoms with E-state index in [0.717, 1.165) is 16.8 Å². The fourth-order valence-corrected chi connectivity index (χ4v) is 1.67. The molecule has 2 aromatic rings. The number of carbonyl (C=O) groups is 1. The predicted octanol–water partition coefficient (Wildman–Crippen LogP) is 1.73. The van der Waals surface area contributed by atoms with Crippen LogP contribution in [0.15, 0.2) is 36.5 Å². The van der Waals surface area contributed by atoms with E-state index in [1.165, 1.54) is 0 Å². The smallest absolute Gasteiger partial charge is 0.246 e. The van der Waals surface area contributed by atoms with Gasteiger partial charge in [-0.15, -0.1) is 0 Å². The summed E-state index contributed by atoms with van der Waals surface area (Å²) in [5.74, 6) is -0.0977. The number of benzene rings is 1. The molecule has 0 aliphatic carbocycles. The van der Waals surface area contributed by atoms with Gasteiger partial charge in [0.25, 0.3) is 0 Å². The van der Waals surface area contributed by atoms with E-state index in [1.54, 1.807) is 6.20 Å². The first-order valence-electron chi connectivity index (χ1n) is 6.22. The minimum absolute atomic E-state index is 0.0977. The first kappa shape index (κ1) is 13.3. The molecule has 0 saturated heterocycles. The van der Waals surface area contributed by atoms with Crippen molar-refractivity contribution in [2.75, 3.05) is 13.2 Å². The second kappa shape index (κ2) is 6.70. The number of ether oxygens (including phenoxy) is 1. The Kier molecular flexibility index (Phi) is 4.69. The van der Waals surface area contributed by atoms with Crippen LogP contribution in [0.3, 0.4) is 0 Å². The van der Waals surface area contributed by atoms with E-state index in [9.17, 15) is 4.79 Å². The quantitative estimate of drug-likeness (QED) is 0.830. The highest BCUT2D eigenvalue weighted by molar-refractivity contribution is 5.77. The molecule has 1 amide bonds. The predicted molar refractivity (Wildman–Crippen MR) is 72.4 cm³/mol. The molecule has 0 aliphatic heterocycles. The molecule has 5 nitrogen and oxygen atoms in total. The molecule has 0 saturated carbocycles. The van der Waals surface area contributed by atoms with Crippen LogP contribution in [-0.4, -0.2) is 29.3 Å². The number of hydrogen-bond donors (Lipinski definition) is 2. The second-order valence-electron chi connectivity index (χ2n) is 4.08. The summed E-state index contributed by atoms with van der Waals surface area (Å²) in [7, 11) is 0. The van der Waals surface area contributed by atoms with Crippen molar-refractivity contribution in [1.82, 2.24) is 15.5 Å². The molecular weight excluding hydrogens is 242 g/mol. The molecule has 0 atom stereocenters. The van der Waals surface area contributed by atoms with Crippen molar-refractivity contribution < 1.29 is 9.53 Å². The standard InChI is InChI=1S/C14H17N3O2/c1-2-19-10-14(18)15-9-11-3-5-12(6-4-11)13-7-8-16-17-13/h3-8H,2,9-10H2,1H3,(H,15,18)(H,16,17). The zero-order valence-corrected chi connectivity index (χ0v) is 10.8. The average molecular weight is 259 g/mol. The molecule has 100 valence electrons. The molecule has 2 rings (SSSR count). The van der Waals surface area contributed by atoms with Gasteiger partial charge in [-0.1, -0.05) is 24.3 Å². The Balaban J connectivity index is 1.87. The van der Waals surface area contributed by atoms with E-state index < -0.39 is 0 Å². The molecule has 0 radical (unpaired) electrons. The molecule has 0 bridgehead atoms. The highest BCUT2D eigenvalue weighted by Crippen LogP contribution is 2.16. The Morgan fingerprint density at radius 1 is 1.32 bits per heavy atom. The van der Waals surface area contributed by atoms with E-state index in [-0.39, 0.29) is 12.5 Å². The van der Waals surface area contributed by atoms with Gasteiger partial charge in [0, 0.05) is 19.3 Å². The molecule has 19 heavy (non-hydrogen) atoms. The SMILES string of the molecule is CCOCC(=O)NCc1ccc(-c2ccn[nH]2)cc1. The van der Waals surface area contributed by atoms with Crippen LogP contribution in [0.4, 0.5) is 0 Å². The Morgan fingerprint density at radius 2 is 2.11 bits per heavy atom. The van der Waals surface area contributed by atoms with E-state index in [1.807, 2.05) is 37.3 Å². The Morgan fingerprint density at radius 3 is 2.74 bits per heavy atom. The van der Waals surface area contributed by atoms with Gasteiger partial charge in [-0.2, -0.15) is 5.10 Å². The largest absolute Gasteiger partial charge is 0.372 e. The summed E-state index contributed by atoms with van der Waals surface area (Å²) in [6.45, 7) is 3.03. The number of nitrogens with one attached hydrogen (secondary N) is 2. The van der Waals surface area contributed by atoms with Gasteiger partial charge in [-0.25, -0.2) is 0 Å². The van der Waals surface area contributed by atoms with Crippen LogP contribution < -0.4 is 5.32 Å². The highest BCUT2D eigenvalue weighted by Gasteiger charge is 2.02. The van der Waals surface area contributed by atoms with Crippen molar-refractivity contribution in [2.45, 2.75) is 13.5 Å². The van der Waals surface area contributed by atoms with Crippen LogP contribution in [0.25, 0.3) is 11.3 Å². The Bertz CT molecular complexity index is 506. The van der Waals surface area contributed by atoms with Gasteiger partial charge < -0.3 is 10.1 Å². The number of rotatable bonds is 6. The van der Waals surface area contributed by atoms with Gasteiger partial charge in [0.1, 0.15) is 6.61 Å². The molecule has 1 heterocycles. The fraction of sp³-hybridized carbons (Fsp3) is 0.286. The first-order chi connectivity index (χ1) is 9.29. The van der Waals surface area contributed by atoms with Crippen molar-refractivity contribution in [3.05, 3.63) is 42.1 Å². The number of aromatic nitrogens is 2. The van der Waals surface area contributed by atoms with Gasteiger partial charge in [-0.3, -0.25) is 9.89 Å². The average Bonchev–Trinajstić information content (AvgIpc) is 2.97. The van der Waals surface area contributed by atoms with Gasteiger partial charge in [0.15, 0.2) is 0 Å². The van der Waals surface area contributed by atoms with Gasteiger partial charge in [-0.05, 0) is 24.1 Å². The summed E-state index contributed by atoms with van der Waals surface area (Å²) in [6.07, 6.45) is 1.72. The normalized spacial score (nSPS) is 10.4. The molecule has 0 unspecified atom stereocenters. The molecule has 0 fully saturated rings. The third kappa shape index (κ3) is 3.93. The summed E-state index contributed by atoms with van der Waals surface area (Å²) in [5.41, 5.74) is 3.10. The number of hydrogen-bond acceptors (Lipinski definition) is 3. The van der Waals surface area contributed by atoms with Crippen LogP contribution in [0.5, 0.6) is 0 Å². The van der Waals surface area contributed by atoms with E-state index in [0.29, 0.717) is 13.2 Å². The topological polar surface area (TPSA) is 67.0 Å². The molecule has 5 heteroatoms. The van der Waals surface area contributed by atoms with E-state index >= 15 is 0 Å². The lowest BCUT2D eigenvalue weighted by molar-refractivity contribution is -0.125. The molecule has 2 N–H and O–H groups in total. The second-order valence-corrected chi connectivity index (χ2v) is 4.08. The lowest BCUT2D eigenvalue weighted by Gasteiger charge is -2.06. The maximum atomic E-state index is 11.4. The Hall–Kier alpha value is -2.14. The molecular formula is C14H17N3O2. The summed E-state index contributed by atoms with van der Waals surface area (Å²) in [6, 6.07) is 9.88. The monoisotopic (exact) mass is 259 g/mol. The zero-order chi connectivity index (χ0) is 13.5. The van der Waals surface area contributed by atoms with Crippen molar-refractivity contribution in [3.63, 3.8) is 0 Å². The van der Waals surface area contributed by atoms with E-state index in [2.05, 4.69) is 15.5 Å². The number of carbonyl (C=O) groups excluding carboxylic acids is 1. The van der Waals surface area contributed by atoms with E-state index in [4.69, 9.17) is 4.74 Å². The van der Waals surface area contributed by atoms with Crippen molar-refractivity contribution in [3.8, 4) is 11.3 Å². The Labute approximate surface area is 112 Å². The third-order valence-corrected chi connectivity index (χ3v) is 2.69. The summed E-state index contributed by atoms with van der Waals surface area (Å²) >= 11 is 0. The molecule has 1 aromatic carbocycles. The third-order valence-electron chi connectivity index (χ3n) is 2.69. The minimum atomic E-state index is -0.0977.